The van der Waals surface area contributed by atoms with Gasteiger partial charge in [-0.05, 0) is 59.3 Å². The summed E-state index contributed by atoms with van der Waals surface area (Å²) in [4.78, 5) is 15.1. The molecule has 1 atom stereocenters. The van der Waals surface area contributed by atoms with E-state index in [1.807, 2.05) is 35.9 Å². The van der Waals surface area contributed by atoms with Gasteiger partial charge >= 0.3 is 0 Å². The lowest BCUT2D eigenvalue weighted by molar-refractivity contribution is 0.722. The Bertz CT molecular complexity index is 2480. The van der Waals surface area contributed by atoms with Crippen LogP contribution in [0.15, 0.2) is 158 Å². The minimum Gasteiger partial charge on any atom is -0.379 e. The van der Waals surface area contributed by atoms with Gasteiger partial charge in [0.1, 0.15) is 0 Å². The summed E-state index contributed by atoms with van der Waals surface area (Å²) in [6.45, 7) is 0. The third-order valence-electron chi connectivity index (χ3n) is 8.79. The Hall–Kier alpha value is -5.91. The Balaban J connectivity index is 1.07. The highest BCUT2D eigenvalue weighted by molar-refractivity contribution is 7.26. The SMILES string of the molecule is C1=CNC(c2cc(-c3ccccc3)cc(-c3ccc(-c4ccc(-c5nc6ccccc6c6sc7ccccc7c56)cc4)cn3)n2)C=C1. The van der Waals surface area contributed by atoms with Crippen molar-refractivity contribution in [1.82, 2.24) is 20.3 Å². The van der Waals surface area contributed by atoms with E-state index in [-0.39, 0.29) is 6.04 Å². The highest BCUT2D eigenvalue weighted by Crippen LogP contribution is 2.43. The number of fused-ring (bicyclic) bond motifs is 5. The molecule has 1 N–H and O–H groups in total. The number of dihydropyridines is 1. The molecule has 9 rings (SSSR count). The summed E-state index contributed by atoms with van der Waals surface area (Å²) in [6.07, 6.45) is 10.1. The largest absolute Gasteiger partial charge is 0.379 e. The maximum absolute atomic E-state index is 5.19. The number of rotatable bonds is 5. The van der Waals surface area contributed by atoms with E-state index >= 15 is 0 Å². The summed E-state index contributed by atoms with van der Waals surface area (Å²) >= 11 is 1.84. The van der Waals surface area contributed by atoms with E-state index in [0.29, 0.717) is 0 Å². The molecule has 4 nitrogen and oxygen atoms in total. The molecule has 1 aliphatic heterocycles. The fourth-order valence-electron chi connectivity index (χ4n) is 6.42. The third kappa shape index (κ3) is 4.98. The summed E-state index contributed by atoms with van der Waals surface area (Å²) in [6, 6.07) is 44.7. The highest BCUT2D eigenvalue weighted by Gasteiger charge is 2.17. The number of hydrogen-bond donors (Lipinski definition) is 1. The van der Waals surface area contributed by atoms with Crippen LogP contribution in [0.25, 0.3) is 76.0 Å². The molecule has 47 heavy (non-hydrogen) atoms. The van der Waals surface area contributed by atoms with Crippen molar-refractivity contribution in [2.75, 3.05) is 0 Å². The molecule has 222 valence electrons. The lowest BCUT2D eigenvalue weighted by atomic mass is 9.99. The van der Waals surface area contributed by atoms with Crippen molar-refractivity contribution in [3.8, 4) is 44.9 Å². The van der Waals surface area contributed by atoms with E-state index in [0.717, 1.165) is 56.1 Å². The predicted molar refractivity (Wildman–Crippen MR) is 196 cm³/mol. The first-order valence-corrected chi connectivity index (χ1v) is 16.5. The van der Waals surface area contributed by atoms with Gasteiger partial charge in [-0.1, -0.05) is 109 Å². The molecule has 0 saturated heterocycles. The van der Waals surface area contributed by atoms with E-state index in [2.05, 4.69) is 139 Å². The van der Waals surface area contributed by atoms with Crippen molar-refractivity contribution in [3.63, 3.8) is 0 Å². The monoisotopic (exact) mass is 620 g/mol. The van der Waals surface area contributed by atoms with Crippen LogP contribution in [0.5, 0.6) is 0 Å². The molecule has 0 spiro atoms. The summed E-state index contributed by atoms with van der Waals surface area (Å²) in [5.41, 5.74) is 10.2. The standard InChI is InChI=1S/C42H28N4S/c1-2-10-27(11-3-1)31-24-37(35-15-8-9-23-43-35)45-38(25-31)36-22-21-30(26-44-36)28-17-19-29(20-18-28)41-40-33-13-5-7-16-39(33)47-42(40)32-12-4-6-14-34(32)46-41/h1-26,35,43H. The number of nitrogens with zero attached hydrogens (tertiary/aromatic N) is 3. The van der Waals surface area contributed by atoms with Crippen LogP contribution in [0.1, 0.15) is 11.7 Å². The molecule has 8 aromatic rings. The number of thiophene rings is 1. The first kappa shape index (κ1) is 27.4. The molecule has 5 heteroatoms. The number of benzene rings is 4. The average molecular weight is 621 g/mol. The zero-order valence-electron chi connectivity index (χ0n) is 25.3. The van der Waals surface area contributed by atoms with Gasteiger partial charge in [0.25, 0.3) is 0 Å². The van der Waals surface area contributed by atoms with E-state index in [9.17, 15) is 0 Å². The smallest absolute Gasteiger partial charge is 0.0896 e. The van der Waals surface area contributed by atoms with Gasteiger partial charge in [0.2, 0.25) is 0 Å². The lowest BCUT2D eigenvalue weighted by Crippen LogP contribution is -2.16. The molecule has 0 saturated carbocycles. The summed E-state index contributed by atoms with van der Waals surface area (Å²) < 4.78 is 2.57. The predicted octanol–water partition coefficient (Wildman–Crippen LogP) is 10.8. The lowest BCUT2D eigenvalue weighted by Gasteiger charge is -2.17. The first-order chi connectivity index (χ1) is 23.3. The zero-order chi connectivity index (χ0) is 31.2. The second kappa shape index (κ2) is 11.5. The Labute approximate surface area is 276 Å². The molecule has 0 amide bonds. The maximum Gasteiger partial charge on any atom is 0.0896 e. The number of aromatic nitrogens is 3. The van der Waals surface area contributed by atoms with E-state index in [1.165, 1.54) is 25.6 Å². The van der Waals surface area contributed by atoms with Gasteiger partial charge in [-0.15, -0.1) is 11.3 Å². The molecule has 0 aliphatic carbocycles. The number of para-hydroxylation sites is 1. The maximum atomic E-state index is 5.19. The van der Waals surface area contributed by atoms with Gasteiger partial charge in [0.05, 0.1) is 34.3 Å². The van der Waals surface area contributed by atoms with Crippen molar-refractivity contribution in [2.45, 2.75) is 6.04 Å². The number of pyridine rings is 3. The van der Waals surface area contributed by atoms with E-state index in [4.69, 9.17) is 15.0 Å². The molecule has 1 unspecified atom stereocenters. The molecule has 4 aromatic carbocycles. The third-order valence-corrected chi connectivity index (χ3v) is 9.99. The van der Waals surface area contributed by atoms with Gasteiger partial charge in [-0.3, -0.25) is 4.98 Å². The molecule has 0 fully saturated rings. The van der Waals surface area contributed by atoms with Crippen LogP contribution < -0.4 is 5.32 Å². The minimum absolute atomic E-state index is 0.00518. The normalized spacial score (nSPS) is 14.2. The number of nitrogens with one attached hydrogen (secondary N) is 1. The van der Waals surface area contributed by atoms with Gasteiger partial charge in [0, 0.05) is 42.9 Å². The topological polar surface area (TPSA) is 50.7 Å². The zero-order valence-corrected chi connectivity index (χ0v) is 26.2. The minimum atomic E-state index is 0.00518. The quantitative estimate of drug-likeness (QED) is 0.208. The van der Waals surface area contributed by atoms with Crippen molar-refractivity contribution in [3.05, 3.63) is 164 Å². The summed E-state index contributed by atoms with van der Waals surface area (Å²) in [5.74, 6) is 0. The Morgan fingerprint density at radius 2 is 1.32 bits per heavy atom. The van der Waals surface area contributed by atoms with Crippen LogP contribution in [0.4, 0.5) is 0 Å². The van der Waals surface area contributed by atoms with Gasteiger partial charge in [-0.25, -0.2) is 9.97 Å². The second-order valence-corrected chi connectivity index (χ2v) is 12.8. The van der Waals surface area contributed by atoms with Crippen molar-refractivity contribution in [1.29, 1.82) is 0 Å². The Morgan fingerprint density at radius 3 is 2.13 bits per heavy atom. The van der Waals surface area contributed by atoms with Crippen LogP contribution in [-0.2, 0) is 0 Å². The van der Waals surface area contributed by atoms with Gasteiger partial charge < -0.3 is 5.32 Å². The van der Waals surface area contributed by atoms with Crippen LogP contribution in [-0.4, -0.2) is 15.0 Å². The number of allylic oxidation sites excluding steroid dienone is 2. The van der Waals surface area contributed by atoms with Crippen molar-refractivity contribution in [2.24, 2.45) is 0 Å². The van der Waals surface area contributed by atoms with E-state index in [1.54, 1.807) is 0 Å². The Morgan fingerprint density at radius 1 is 0.574 bits per heavy atom. The van der Waals surface area contributed by atoms with Gasteiger partial charge in [0.15, 0.2) is 0 Å². The molecule has 1 aliphatic rings. The number of hydrogen-bond acceptors (Lipinski definition) is 5. The average Bonchev–Trinajstić information content (AvgIpc) is 3.55. The fraction of sp³-hybridized carbons (Fsp3) is 0.0238. The first-order valence-electron chi connectivity index (χ1n) is 15.7. The van der Waals surface area contributed by atoms with Crippen LogP contribution >= 0.6 is 11.3 Å². The molecule has 5 heterocycles. The van der Waals surface area contributed by atoms with Gasteiger partial charge in [-0.2, -0.15) is 0 Å². The van der Waals surface area contributed by atoms with Crippen molar-refractivity contribution < 1.29 is 0 Å². The van der Waals surface area contributed by atoms with Crippen LogP contribution in [0.2, 0.25) is 0 Å². The molecular weight excluding hydrogens is 593 g/mol. The fourth-order valence-corrected chi connectivity index (χ4v) is 7.66. The molecule has 0 bridgehead atoms. The highest BCUT2D eigenvalue weighted by atomic mass is 32.1. The molecule has 4 aromatic heterocycles. The van der Waals surface area contributed by atoms with Crippen molar-refractivity contribution >= 4 is 42.4 Å². The summed E-state index contributed by atoms with van der Waals surface area (Å²) in [5, 5.41) is 7.09. The molecular formula is C42H28N4S. The van der Waals surface area contributed by atoms with Crippen LogP contribution in [0, 0.1) is 0 Å². The molecule has 0 radical (unpaired) electrons. The van der Waals surface area contributed by atoms with E-state index < -0.39 is 0 Å². The second-order valence-electron chi connectivity index (χ2n) is 11.7. The van der Waals surface area contributed by atoms with Crippen LogP contribution in [0.3, 0.4) is 0 Å². The summed E-state index contributed by atoms with van der Waals surface area (Å²) in [7, 11) is 0. The Kier molecular flexibility index (Phi) is 6.69.